The number of aliphatic hydroxyl groups excluding tert-OH is 1. The molecule has 0 atom stereocenters. The third kappa shape index (κ3) is 7.35. The third-order valence-corrected chi connectivity index (χ3v) is 7.87. The number of ether oxygens (including phenoxy) is 3. The van der Waals surface area contributed by atoms with Crippen molar-refractivity contribution in [3.63, 3.8) is 0 Å². The van der Waals surface area contributed by atoms with Gasteiger partial charge in [-0.2, -0.15) is 0 Å². The molecule has 0 aliphatic carbocycles. The zero-order valence-corrected chi connectivity index (χ0v) is 26.2. The zero-order chi connectivity index (χ0) is 28.6. The first kappa shape index (κ1) is 29.9. The van der Waals surface area contributed by atoms with Gasteiger partial charge >= 0.3 is 5.97 Å². The number of carbonyl (C=O) groups is 2. The van der Waals surface area contributed by atoms with E-state index in [2.05, 4.69) is 43.5 Å². The summed E-state index contributed by atoms with van der Waals surface area (Å²) < 4.78 is 18.9. The quantitative estimate of drug-likeness (QED) is 0.178. The average Bonchev–Trinajstić information content (AvgIpc) is 3.24. The maximum Gasteiger partial charge on any atom is 0.344 e. The fourth-order valence-corrected chi connectivity index (χ4v) is 5.75. The van der Waals surface area contributed by atoms with Gasteiger partial charge in [0.2, 0.25) is 0 Å². The van der Waals surface area contributed by atoms with Crippen LogP contribution in [0.1, 0.15) is 35.3 Å². The van der Waals surface area contributed by atoms with Gasteiger partial charge in [0.15, 0.2) is 11.5 Å². The lowest BCUT2D eigenvalue weighted by atomic mass is 10.1. The minimum Gasteiger partial charge on any atom is -0.506 e. The lowest BCUT2D eigenvalue weighted by molar-refractivity contribution is -0.138. The van der Waals surface area contributed by atoms with Crippen molar-refractivity contribution in [3.8, 4) is 11.5 Å². The third-order valence-electron chi connectivity index (χ3n) is 5.52. The number of esters is 1. The molecule has 10 heteroatoms. The van der Waals surface area contributed by atoms with Crippen LogP contribution in [0.2, 0.25) is 0 Å². The van der Waals surface area contributed by atoms with Crippen molar-refractivity contribution in [3.05, 3.63) is 108 Å². The number of halogens is 2. The molecule has 0 spiro atoms. The summed E-state index contributed by atoms with van der Waals surface area (Å²) in [5, 5.41) is 11.1. The minimum atomic E-state index is -0.753. The maximum atomic E-state index is 12.8. The van der Waals surface area contributed by atoms with Gasteiger partial charge in [0.05, 0.1) is 21.7 Å². The maximum absolute atomic E-state index is 12.8. The van der Waals surface area contributed by atoms with Crippen molar-refractivity contribution in [2.45, 2.75) is 20.5 Å². The second-order valence-electron chi connectivity index (χ2n) is 8.32. The van der Waals surface area contributed by atoms with Gasteiger partial charge in [-0.3, -0.25) is 4.79 Å². The van der Waals surface area contributed by atoms with Gasteiger partial charge in [0.25, 0.3) is 5.91 Å². The summed E-state index contributed by atoms with van der Waals surface area (Å²) in [4.78, 5) is 30.0. The number of carbonyl (C=O) groups excluding carboxylic acids is 2. The van der Waals surface area contributed by atoms with Crippen LogP contribution < -0.4 is 9.47 Å². The van der Waals surface area contributed by atoms with Crippen molar-refractivity contribution in [1.29, 1.82) is 0 Å². The highest BCUT2D eigenvalue weighted by atomic mass is 127. The number of benzene rings is 3. The van der Waals surface area contributed by atoms with Gasteiger partial charge in [0, 0.05) is 10.0 Å². The van der Waals surface area contributed by atoms with Gasteiger partial charge in [0.1, 0.15) is 23.0 Å². The molecule has 0 fully saturated rings. The van der Waals surface area contributed by atoms with E-state index < -0.39 is 11.9 Å². The Kier molecular flexibility index (Phi) is 10.5. The van der Waals surface area contributed by atoms with E-state index in [0.29, 0.717) is 40.7 Å². The lowest BCUT2D eigenvalue weighted by Crippen LogP contribution is -2.14. The Morgan fingerprint density at radius 3 is 2.42 bits per heavy atom. The first-order valence-electron chi connectivity index (χ1n) is 12.3. The second-order valence-corrected chi connectivity index (χ2v) is 11.4. The Hall–Kier alpha value is -3.09. The normalized spacial score (nSPS) is 15.0. The van der Waals surface area contributed by atoms with E-state index in [-0.39, 0.29) is 23.0 Å². The highest BCUT2D eigenvalue weighted by Gasteiger charge is 2.34. The number of amides is 1. The van der Waals surface area contributed by atoms with E-state index in [9.17, 15) is 14.7 Å². The molecule has 1 heterocycles. The molecule has 0 bridgehead atoms. The standard InChI is InChI=1S/C30H25BrINO6S/c1-3-37-23-15-19(14-22(32)27(23)39-17-18-10-12-21(31)13-11-18)16-24-26(34)25(30(36)38-4-2)29(40-24)33-28(35)20-8-6-5-7-9-20/h5-16,34H,3-4,17H2,1-2H3/b24-16-,33-29?. The summed E-state index contributed by atoms with van der Waals surface area (Å²) in [5.41, 5.74) is 1.94. The van der Waals surface area contributed by atoms with E-state index in [1.54, 1.807) is 49.4 Å². The summed E-state index contributed by atoms with van der Waals surface area (Å²) in [6.45, 7) is 4.45. The highest BCUT2D eigenvalue weighted by Crippen LogP contribution is 2.41. The first-order valence-corrected chi connectivity index (χ1v) is 15.0. The van der Waals surface area contributed by atoms with Crippen molar-refractivity contribution < 1.29 is 28.9 Å². The molecule has 3 aromatic carbocycles. The molecule has 1 aliphatic heterocycles. The Labute approximate surface area is 258 Å². The summed E-state index contributed by atoms with van der Waals surface area (Å²) >= 11 is 6.64. The Morgan fingerprint density at radius 2 is 1.75 bits per heavy atom. The largest absolute Gasteiger partial charge is 0.506 e. The predicted molar refractivity (Wildman–Crippen MR) is 169 cm³/mol. The van der Waals surface area contributed by atoms with Gasteiger partial charge in [-0.05, 0) is 90.0 Å². The first-order chi connectivity index (χ1) is 19.3. The fraction of sp³-hybridized carbons (Fsp3) is 0.167. The Morgan fingerprint density at radius 1 is 1.02 bits per heavy atom. The fourth-order valence-electron chi connectivity index (χ4n) is 3.69. The Bertz CT molecular complexity index is 1500. The molecule has 0 aromatic heterocycles. The van der Waals surface area contributed by atoms with Crippen molar-refractivity contribution >= 4 is 73.3 Å². The molecule has 1 amide bonds. The minimum absolute atomic E-state index is 0.0743. The molecule has 40 heavy (non-hydrogen) atoms. The molecule has 1 aliphatic rings. The molecular weight excluding hydrogens is 709 g/mol. The number of rotatable bonds is 9. The summed E-state index contributed by atoms with van der Waals surface area (Å²) in [6.07, 6.45) is 1.71. The molecular formula is C30H25BrINO6S. The average molecular weight is 734 g/mol. The van der Waals surface area contributed by atoms with Gasteiger partial charge < -0.3 is 19.3 Å². The molecule has 0 saturated carbocycles. The van der Waals surface area contributed by atoms with E-state index in [1.807, 2.05) is 37.3 Å². The van der Waals surface area contributed by atoms with Gasteiger partial charge in [-0.15, -0.1) is 0 Å². The van der Waals surface area contributed by atoms with Crippen LogP contribution in [0.3, 0.4) is 0 Å². The topological polar surface area (TPSA) is 94.4 Å². The van der Waals surface area contributed by atoms with Gasteiger partial charge in [-0.25, -0.2) is 9.79 Å². The smallest absolute Gasteiger partial charge is 0.344 e. The van der Waals surface area contributed by atoms with Crippen molar-refractivity contribution in [1.82, 2.24) is 0 Å². The Balaban J connectivity index is 1.67. The molecule has 0 radical (unpaired) electrons. The van der Waals surface area contributed by atoms with Crippen LogP contribution in [-0.4, -0.2) is 35.2 Å². The predicted octanol–water partition coefficient (Wildman–Crippen LogP) is 7.73. The highest BCUT2D eigenvalue weighted by molar-refractivity contribution is 14.1. The van der Waals surface area contributed by atoms with Crippen molar-refractivity contribution in [2.24, 2.45) is 4.99 Å². The monoisotopic (exact) mass is 733 g/mol. The van der Waals surface area contributed by atoms with Crippen LogP contribution in [0.4, 0.5) is 0 Å². The number of aliphatic imine (C=N–C) groups is 1. The summed E-state index contributed by atoms with van der Waals surface area (Å²) in [5.74, 6) is -0.430. The number of hydrogen-bond acceptors (Lipinski definition) is 7. The molecule has 0 unspecified atom stereocenters. The van der Waals surface area contributed by atoms with Crippen LogP contribution in [0.15, 0.2) is 92.4 Å². The zero-order valence-electron chi connectivity index (χ0n) is 21.6. The molecule has 7 nitrogen and oxygen atoms in total. The lowest BCUT2D eigenvalue weighted by Gasteiger charge is -2.15. The van der Waals surface area contributed by atoms with Crippen LogP contribution in [0.25, 0.3) is 6.08 Å². The molecule has 0 saturated heterocycles. The van der Waals surface area contributed by atoms with Crippen LogP contribution in [0.5, 0.6) is 11.5 Å². The van der Waals surface area contributed by atoms with E-state index in [0.717, 1.165) is 25.4 Å². The van der Waals surface area contributed by atoms with Crippen LogP contribution in [-0.2, 0) is 16.1 Å². The summed E-state index contributed by atoms with van der Waals surface area (Å²) in [7, 11) is 0. The van der Waals surface area contributed by atoms with E-state index in [1.165, 1.54) is 0 Å². The van der Waals surface area contributed by atoms with Gasteiger partial charge in [-0.1, -0.05) is 58.0 Å². The number of thioether (sulfide) groups is 1. The number of hydrogen-bond donors (Lipinski definition) is 1. The summed E-state index contributed by atoms with van der Waals surface area (Å²) in [6, 6.07) is 20.1. The molecule has 206 valence electrons. The molecule has 4 rings (SSSR count). The number of aliphatic hydroxyl groups is 1. The molecule has 3 aromatic rings. The SMILES string of the molecule is CCOC(=O)C1=C(O)/C(=C/c2cc(I)c(OCc3ccc(Br)cc3)c(OCC)c2)SC1=NC(=O)c1ccccc1. The van der Waals surface area contributed by atoms with Crippen molar-refractivity contribution in [2.75, 3.05) is 13.2 Å². The van der Waals surface area contributed by atoms with Crippen LogP contribution in [0, 0.1) is 3.57 Å². The van der Waals surface area contributed by atoms with E-state index >= 15 is 0 Å². The number of nitrogens with zero attached hydrogens (tertiary/aromatic N) is 1. The molecule has 1 N–H and O–H groups in total. The van der Waals surface area contributed by atoms with E-state index in [4.69, 9.17) is 14.2 Å². The van der Waals surface area contributed by atoms with Crippen LogP contribution >= 0.6 is 50.3 Å². The second kappa shape index (κ2) is 14.0.